The molecule has 0 radical (unpaired) electrons. The Balaban J connectivity index is 1.93. The van der Waals surface area contributed by atoms with Crippen molar-refractivity contribution in [2.24, 2.45) is 0 Å². The molecule has 17 heavy (non-hydrogen) atoms. The van der Waals surface area contributed by atoms with Crippen molar-refractivity contribution >= 4 is 22.9 Å². The van der Waals surface area contributed by atoms with Crippen LogP contribution in [-0.2, 0) is 19.3 Å². The van der Waals surface area contributed by atoms with E-state index in [0.717, 1.165) is 29.3 Å². The van der Waals surface area contributed by atoms with E-state index in [4.69, 9.17) is 11.6 Å². The van der Waals surface area contributed by atoms with E-state index < -0.39 is 0 Å². The lowest BCUT2D eigenvalue weighted by Crippen LogP contribution is -1.91. The van der Waals surface area contributed by atoms with Gasteiger partial charge in [0.15, 0.2) is 0 Å². The SMILES string of the molecule is Cc1cccc(CCc2nnc(CCCl)s2)c1. The van der Waals surface area contributed by atoms with Crippen molar-refractivity contribution in [3.8, 4) is 0 Å². The van der Waals surface area contributed by atoms with Crippen LogP contribution in [0.4, 0.5) is 0 Å². The molecule has 0 spiro atoms. The molecule has 0 aliphatic rings. The van der Waals surface area contributed by atoms with Gasteiger partial charge in [-0.25, -0.2) is 0 Å². The molecule has 0 bridgehead atoms. The summed E-state index contributed by atoms with van der Waals surface area (Å²) in [6.45, 7) is 2.12. The molecule has 0 aliphatic carbocycles. The molecule has 2 aromatic rings. The summed E-state index contributed by atoms with van der Waals surface area (Å²) < 4.78 is 0. The average molecular weight is 267 g/mol. The number of benzene rings is 1. The van der Waals surface area contributed by atoms with E-state index in [0.29, 0.717) is 5.88 Å². The number of aromatic nitrogens is 2. The van der Waals surface area contributed by atoms with Crippen LogP contribution in [0.15, 0.2) is 24.3 Å². The standard InChI is InChI=1S/C13H15ClN2S/c1-10-3-2-4-11(9-10)5-6-12-15-16-13(17-12)7-8-14/h2-4,9H,5-8H2,1H3. The number of alkyl halides is 1. The zero-order chi connectivity index (χ0) is 12.1. The second-order valence-electron chi connectivity index (χ2n) is 4.02. The van der Waals surface area contributed by atoms with E-state index in [1.165, 1.54) is 11.1 Å². The Hall–Kier alpha value is -0.930. The van der Waals surface area contributed by atoms with Crippen molar-refractivity contribution in [1.82, 2.24) is 10.2 Å². The van der Waals surface area contributed by atoms with Gasteiger partial charge in [0.1, 0.15) is 10.0 Å². The minimum Gasteiger partial charge on any atom is -0.144 e. The number of halogens is 1. The van der Waals surface area contributed by atoms with E-state index in [-0.39, 0.29) is 0 Å². The monoisotopic (exact) mass is 266 g/mol. The van der Waals surface area contributed by atoms with Crippen LogP contribution in [0, 0.1) is 6.92 Å². The summed E-state index contributed by atoms with van der Waals surface area (Å²) >= 11 is 7.35. The van der Waals surface area contributed by atoms with Gasteiger partial charge in [-0.05, 0) is 18.9 Å². The second kappa shape index (κ2) is 6.12. The van der Waals surface area contributed by atoms with Crippen molar-refractivity contribution in [2.75, 3.05) is 5.88 Å². The molecule has 0 saturated carbocycles. The van der Waals surface area contributed by atoms with E-state index in [2.05, 4.69) is 41.4 Å². The van der Waals surface area contributed by atoms with Crippen molar-refractivity contribution in [3.63, 3.8) is 0 Å². The largest absolute Gasteiger partial charge is 0.144 e. The molecule has 0 fully saturated rings. The predicted octanol–water partition coefficient (Wildman–Crippen LogP) is 3.41. The van der Waals surface area contributed by atoms with Crippen LogP contribution in [0.2, 0.25) is 0 Å². The first-order chi connectivity index (χ1) is 8.28. The van der Waals surface area contributed by atoms with Gasteiger partial charge in [0.25, 0.3) is 0 Å². The highest BCUT2D eigenvalue weighted by molar-refractivity contribution is 7.11. The van der Waals surface area contributed by atoms with E-state index in [1.807, 2.05) is 0 Å². The van der Waals surface area contributed by atoms with Crippen LogP contribution in [0.5, 0.6) is 0 Å². The molecular formula is C13H15ClN2S. The van der Waals surface area contributed by atoms with Gasteiger partial charge in [-0.2, -0.15) is 0 Å². The molecular weight excluding hydrogens is 252 g/mol. The highest BCUT2D eigenvalue weighted by atomic mass is 35.5. The Kier molecular flexibility index (Phi) is 4.51. The third-order valence-electron chi connectivity index (χ3n) is 2.53. The summed E-state index contributed by atoms with van der Waals surface area (Å²) in [6.07, 6.45) is 2.81. The Morgan fingerprint density at radius 2 is 1.88 bits per heavy atom. The van der Waals surface area contributed by atoms with Crippen molar-refractivity contribution in [2.45, 2.75) is 26.2 Å². The lowest BCUT2D eigenvalue weighted by Gasteiger charge is -1.99. The molecule has 0 unspecified atom stereocenters. The second-order valence-corrected chi connectivity index (χ2v) is 5.54. The summed E-state index contributed by atoms with van der Waals surface area (Å²) in [4.78, 5) is 0. The quantitative estimate of drug-likeness (QED) is 0.775. The van der Waals surface area contributed by atoms with Gasteiger partial charge in [-0.3, -0.25) is 0 Å². The zero-order valence-electron chi connectivity index (χ0n) is 9.82. The number of hydrogen-bond donors (Lipinski definition) is 0. The smallest absolute Gasteiger partial charge is 0.118 e. The van der Waals surface area contributed by atoms with Crippen molar-refractivity contribution in [1.29, 1.82) is 0 Å². The maximum Gasteiger partial charge on any atom is 0.118 e. The summed E-state index contributed by atoms with van der Waals surface area (Å²) in [7, 11) is 0. The van der Waals surface area contributed by atoms with E-state index in [9.17, 15) is 0 Å². The molecule has 2 rings (SSSR count). The first-order valence-electron chi connectivity index (χ1n) is 5.70. The summed E-state index contributed by atoms with van der Waals surface area (Å²) in [6, 6.07) is 8.60. The number of rotatable bonds is 5. The molecule has 0 saturated heterocycles. The lowest BCUT2D eigenvalue weighted by molar-refractivity contribution is 0.887. The molecule has 0 N–H and O–H groups in total. The van der Waals surface area contributed by atoms with Gasteiger partial charge in [-0.15, -0.1) is 33.1 Å². The zero-order valence-corrected chi connectivity index (χ0v) is 11.4. The summed E-state index contributed by atoms with van der Waals surface area (Å²) in [5, 5.41) is 10.4. The average Bonchev–Trinajstić information content (AvgIpc) is 2.75. The van der Waals surface area contributed by atoms with E-state index >= 15 is 0 Å². The third-order valence-corrected chi connectivity index (χ3v) is 3.76. The highest BCUT2D eigenvalue weighted by Crippen LogP contribution is 2.14. The fourth-order valence-corrected chi connectivity index (χ4v) is 2.82. The molecule has 90 valence electrons. The fourth-order valence-electron chi connectivity index (χ4n) is 1.69. The molecule has 0 amide bonds. The fraction of sp³-hybridized carbons (Fsp3) is 0.385. The molecule has 0 aliphatic heterocycles. The minimum absolute atomic E-state index is 0.618. The van der Waals surface area contributed by atoms with Crippen LogP contribution in [-0.4, -0.2) is 16.1 Å². The normalized spacial score (nSPS) is 10.7. The van der Waals surface area contributed by atoms with Gasteiger partial charge >= 0.3 is 0 Å². The third kappa shape index (κ3) is 3.79. The van der Waals surface area contributed by atoms with Gasteiger partial charge in [0, 0.05) is 18.7 Å². The van der Waals surface area contributed by atoms with Crippen LogP contribution < -0.4 is 0 Å². The van der Waals surface area contributed by atoms with Gasteiger partial charge in [-0.1, -0.05) is 29.8 Å². The Bertz CT molecular complexity index is 482. The molecule has 2 nitrogen and oxygen atoms in total. The Morgan fingerprint density at radius 3 is 2.59 bits per heavy atom. The van der Waals surface area contributed by atoms with Crippen LogP contribution in [0.25, 0.3) is 0 Å². The van der Waals surface area contributed by atoms with Crippen molar-refractivity contribution < 1.29 is 0 Å². The Morgan fingerprint density at radius 1 is 1.12 bits per heavy atom. The lowest BCUT2D eigenvalue weighted by atomic mass is 10.1. The predicted molar refractivity (Wildman–Crippen MR) is 72.9 cm³/mol. The molecule has 1 heterocycles. The maximum atomic E-state index is 5.67. The molecule has 0 atom stereocenters. The summed E-state index contributed by atoms with van der Waals surface area (Å²) in [5.41, 5.74) is 2.67. The maximum absolute atomic E-state index is 5.67. The van der Waals surface area contributed by atoms with Crippen molar-refractivity contribution in [3.05, 3.63) is 45.4 Å². The van der Waals surface area contributed by atoms with E-state index in [1.54, 1.807) is 11.3 Å². The topological polar surface area (TPSA) is 25.8 Å². The Labute approximate surface area is 111 Å². The number of aryl methyl sites for hydroxylation is 4. The molecule has 1 aromatic heterocycles. The first-order valence-corrected chi connectivity index (χ1v) is 7.06. The van der Waals surface area contributed by atoms with Crippen LogP contribution in [0.3, 0.4) is 0 Å². The number of nitrogens with zero attached hydrogens (tertiary/aromatic N) is 2. The summed E-state index contributed by atoms with van der Waals surface area (Å²) in [5.74, 6) is 0.618. The molecule has 1 aromatic carbocycles. The first kappa shape index (κ1) is 12.5. The highest BCUT2D eigenvalue weighted by Gasteiger charge is 2.04. The van der Waals surface area contributed by atoms with Crippen LogP contribution in [0.1, 0.15) is 21.1 Å². The molecule has 4 heteroatoms. The van der Waals surface area contributed by atoms with Gasteiger partial charge in [0.05, 0.1) is 0 Å². The minimum atomic E-state index is 0.618. The number of hydrogen-bond acceptors (Lipinski definition) is 3. The van der Waals surface area contributed by atoms with Crippen LogP contribution >= 0.6 is 22.9 Å². The van der Waals surface area contributed by atoms with Gasteiger partial charge in [0.2, 0.25) is 0 Å². The van der Waals surface area contributed by atoms with Gasteiger partial charge < -0.3 is 0 Å².